The summed E-state index contributed by atoms with van der Waals surface area (Å²) < 4.78 is 0. The highest BCUT2D eigenvalue weighted by Gasteiger charge is 2.09. The van der Waals surface area contributed by atoms with Gasteiger partial charge in [0.1, 0.15) is 5.69 Å². The molecule has 1 aromatic heterocycles. The van der Waals surface area contributed by atoms with Gasteiger partial charge in [-0.15, -0.1) is 0 Å². The summed E-state index contributed by atoms with van der Waals surface area (Å²) in [5.74, 6) is -0.374. The number of anilines is 2. The van der Waals surface area contributed by atoms with Crippen LogP contribution in [0.1, 0.15) is 16.1 Å². The molecule has 1 amide bonds. The predicted molar refractivity (Wildman–Crippen MR) is 70.6 cm³/mol. The lowest BCUT2D eigenvalue weighted by atomic mass is 10.1. The van der Waals surface area contributed by atoms with Crippen LogP contribution in [0.5, 0.6) is 0 Å². The van der Waals surface area contributed by atoms with Crippen molar-refractivity contribution in [2.24, 2.45) is 0 Å². The molecule has 0 aliphatic rings. The number of carbonyl (C=O) groups excluding carboxylic acids is 1. The molecule has 0 spiro atoms. The van der Waals surface area contributed by atoms with Crippen molar-refractivity contribution in [3.05, 3.63) is 58.0 Å². The molecule has 0 aliphatic carbocycles. The van der Waals surface area contributed by atoms with Gasteiger partial charge in [-0.25, -0.2) is 0 Å². The number of carbonyl (C=O) groups is 1. The number of hydrogen-bond donors (Lipinski definition) is 3. The number of pyridine rings is 1. The lowest BCUT2D eigenvalue weighted by Gasteiger charge is -2.09. The van der Waals surface area contributed by atoms with Crippen LogP contribution in [0.25, 0.3) is 0 Å². The number of aromatic nitrogens is 1. The van der Waals surface area contributed by atoms with Gasteiger partial charge in [0.25, 0.3) is 5.91 Å². The van der Waals surface area contributed by atoms with E-state index < -0.39 is 0 Å². The van der Waals surface area contributed by atoms with Crippen molar-refractivity contribution < 1.29 is 4.79 Å². The Balaban J connectivity index is 2.27. The molecule has 0 aliphatic heterocycles. The maximum atomic E-state index is 11.9. The van der Waals surface area contributed by atoms with E-state index in [4.69, 9.17) is 5.73 Å². The lowest BCUT2D eigenvalue weighted by Crippen LogP contribution is -2.18. The molecule has 1 heterocycles. The highest BCUT2D eigenvalue weighted by molar-refractivity contribution is 6.03. The molecule has 2 rings (SSSR count). The molecule has 4 N–H and O–H groups in total. The SMILES string of the molecule is Cc1c(N)cccc1NC(=O)c1cccc(=O)[nH]1. The van der Waals surface area contributed by atoms with Crippen LogP contribution in [0.4, 0.5) is 11.4 Å². The van der Waals surface area contributed by atoms with Crippen LogP contribution < -0.4 is 16.6 Å². The van der Waals surface area contributed by atoms with Gasteiger partial charge in [-0.05, 0) is 30.7 Å². The molecule has 0 radical (unpaired) electrons. The molecular formula is C13H13N3O2. The normalized spacial score (nSPS) is 10.1. The molecule has 0 saturated heterocycles. The summed E-state index contributed by atoms with van der Waals surface area (Å²) in [7, 11) is 0. The van der Waals surface area contributed by atoms with Gasteiger partial charge in [0.2, 0.25) is 5.56 Å². The van der Waals surface area contributed by atoms with Crippen molar-refractivity contribution in [3.63, 3.8) is 0 Å². The number of hydrogen-bond acceptors (Lipinski definition) is 3. The minimum absolute atomic E-state index is 0.212. The van der Waals surface area contributed by atoms with E-state index in [2.05, 4.69) is 10.3 Å². The topological polar surface area (TPSA) is 88.0 Å². The number of nitrogens with two attached hydrogens (primary N) is 1. The van der Waals surface area contributed by atoms with Crippen molar-refractivity contribution >= 4 is 17.3 Å². The number of nitrogens with one attached hydrogen (secondary N) is 2. The maximum Gasteiger partial charge on any atom is 0.272 e. The lowest BCUT2D eigenvalue weighted by molar-refractivity contribution is 0.102. The number of aromatic amines is 1. The van der Waals surface area contributed by atoms with Crippen molar-refractivity contribution in [3.8, 4) is 0 Å². The maximum absolute atomic E-state index is 11.9. The van der Waals surface area contributed by atoms with Gasteiger partial charge in [0, 0.05) is 17.4 Å². The number of rotatable bonds is 2. The zero-order valence-electron chi connectivity index (χ0n) is 9.86. The summed E-state index contributed by atoms with van der Waals surface area (Å²) in [6.45, 7) is 1.82. The van der Waals surface area contributed by atoms with Gasteiger partial charge in [0.15, 0.2) is 0 Å². The average molecular weight is 243 g/mol. The highest BCUT2D eigenvalue weighted by atomic mass is 16.2. The smallest absolute Gasteiger partial charge is 0.272 e. The van der Waals surface area contributed by atoms with Crippen molar-refractivity contribution in [2.75, 3.05) is 11.1 Å². The van der Waals surface area contributed by atoms with Crippen LogP contribution in [0.15, 0.2) is 41.2 Å². The predicted octanol–water partition coefficient (Wildman–Crippen LogP) is 1.52. The first-order valence-corrected chi connectivity index (χ1v) is 5.43. The second-order valence-electron chi connectivity index (χ2n) is 3.90. The third kappa shape index (κ3) is 2.40. The van der Waals surface area contributed by atoms with Crippen LogP contribution >= 0.6 is 0 Å². The minimum Gasteiger partial charge on any atom is -0.398 e. The second-order valence-corrected chi connectivity index (χ2v) is 3.90. The number of benzene rings is 1. The zero-order chi connectivity index (χ0) is 13.1. The first-order chi connectivity index (χ1) is 8.58. The fourth-order valence-electron chi connectivity index (χ4n) is 1.56. The molecule has 18 heavy (non-hydrogen) atoms. The Morgan fingerprint density at radius 1 is 1.22 bits per heavy atom. The van der Waals surface area contributed by atoms with Gasteiger partial charge in [-0.1, -0.05) is 12.1 Å². The largest absolute Gasteiger partial charge is 0.398 e. The molecule has 5 heteroatoms. The Morgan fingerprint density at radius 2 is 1.94 bits per heavy atom. The fraction of sp³-hybridized carbons (Fsp3) is 0.0769. The molecule has 92 valence electrons. The minimum atomic E-state index is -0.374. The van der Waals surface area contributed by atoms with E-state index >= 15 is 0 Å². The van der Waals surface area contributed by atoms with E-state index in [9.17, 15) is 9.59 Å². The van der Waals surface area contributed by atoms with Crippen LogP contribution in [-0.2, 0) is 0 Å². The third-order valence-corrected chi connectivity index (χ3v) is 2.64. The van der Waals surface area contributed by atoms with Crippen LogP contribution in [0.2, 0.25) is 0 Å². The zero-order valence-corrected chi connectivity index (χ0v) is 9.86. The molecular weight excluding hydrogens is 230 g/mol. The van der Waals surface area contributed by atoms with Crippen LogP contribution in [0, 0.1) is 6.92 Å². The number of nitrogen functional groups attached to an aromatic ring is 1. The quantitative estimate of drug-likeness (QED) is 0.699. The molecule has 5 nitrogen and oxygen atoms in total. The monoisotopic (exact) mass is 243 g/mol. The third-order valence-electron chi connectivity index (χ3n) is 2.64. The van der Waals surface area contributed by atoms with Crippen molar-refractivity contribution in [2.45, 2.75) is 6.92 Å². The molecule has 0 saturated carbocycles. The van der Waals surface area contributed by atoms with Gasteiger partial charge in [-0.3, -0.25) is 9.59 Å². The summed E-state index contributed by atoms with van der Waals surface area (Å²) in [5.41, 5.74) is 7.68. The Bertz CT molecular complexity index is 647. The van der Waals surface area contributed by atoms with E-state index in [1.54, 1.807) is 24.3 Å². The molecule has 1 aromatic carbocycles. The second kappa shape index (κ2) is 4.75. The standard InChI is InChI=1S/C13H13N3O2/c1-8-9(14)4-2-5-10(8)16-13(18)11-6-3-7-12(17)15-11/h2-7H,14H2,1H3,(H,15,17)(H,16,18). The van der Waals surface area contributed by atoms with E-state index in [0.29, 0.717) is 11.4 Å². The number of amides is 1. The average Bonchev–Trinajstić information content (AvgIpc) is 2.35. The first-order valence-electron chi connectivity index (χ1n) is 5.43. The Labute approximate surface area is 104 Å². The Morgan fingerprint density at radius 3 is 2.67 bits per heavy atom. The number of H-pyrrole nitrogens is 1. The van der Waals surface area contributed by atoms with Crippen LogP contribution in [0.3, 0.4) is 0 Å². The first kappa shape index (κ1) is 11.9. The van der Waals surface area contributed by atoms with Crippen molar-refractivity contribution in [1.29, 1.82) is 0 Å². The fourth-order valence-corrected chi connectivity index (χ4v) is 1.56. The molecule has 2 aromatic rings. The van der Waals surface area contributed by atoms with E-state index in [1.807, 2.05) is 6.92 Å². The van der Waals surface area contributed by atoms with E-state index in [0.717, 1.165) is 5.56 Å². The Hall–Kier alpha value is -2.56. The summed E-state index contributed by atoms with van der Waals surface area (Å²) in [6.07, 6.45) is 0. The summed E-state index contributed by atoms with van der Waals surface area (Å²) in [6, 6.07) is 9.69. The van der Waals surface area contributed by atoms with Crippen LogP contribution in [-0.4, -0.2) is 10.9 Å². The van der Waals surface area contributed by atoms with Gasteiger partial charge in [-0.2, -0.15) is 0 Å². The summed E-state index contributed by atoms with van der Waals surface area (Å²) in [4.78, 5) is 25.5. The van der Waals surface area contributed by atoms with Gasteiger partial charge >= 0.3 is 0 Å². The van der Waals surface area contributed by atoms with Crippen molar-refractivity contribution in [1.82, 2.24) is 4.98 Å². The van der Waals surface area contributed by atoms with E-state index in [1.165, 1.54) is 12.1 Å². The van der Waals surface area contributed by atoms with E-state index in [-0.39, 0.29) is 17.2 Å². The van der Waals surface area contributed by atoms with Gasteiger partial charge in [0.05, 0.1) is 0 Å². The molecule has 0 fully saturated rings. The highest BCUT2D eigenvalue weighted by Crippen LogP contribution is 2.20. The summed E-state index contributed by atoms with van der Waals surface area (Å²) >= 11 is 0. The molecule has 0 atom stereocenters. The molecule has 0 unspecified atom stereocenters. The summed E-state index contributed by atoms with van der Waals surface area (Å²) in [5, 5.41) is 2.71. The molecule has 0 bridgehead atoms. The van der Waals surface area contributed by atoms with Gasteiger partial charge < -0.3 is 16.0 Å². The Kier molecular flexibility index (Phi) is 3.14.